The van der Waals surface area contributed by atoms with Crippen LogP contribution in [0.2, 0.25) is 5.02 Å². The van der Waals surface area contributed by atoms with E-state index >= 15 is 0 Å². The van der Waals surface area contributed by atoms with Crippen molar-refractivity contribution >= 4 is 128 Å². The highest BCUT2D eigenvalue weighted by Crippen LogP contribution is 2.44. The summed E-state index contributed by atoms with van der Waals surface area (Å²) in [7, 11) is -12.7. The molecule has 28 heteroatoms. The lowest BCUT2D eigenvalue weighted by Gasteiger charge is -2.12. The van der Waals surface area contributed by atoms with Crippen molar-refractivity contribution in [1.29, 1.82) is 5.26 Å². The number of unbranched alkanes of at least 4 members (excludes halogenated alkanes) is 1. The fourth-order valence-corrected chi connectivity index (χ4v) is 11.4. The molecule has 0 fully saturated rings. The summed E-state index contributed by atoms with van der Waals surface area (Å²) in [4.78, 5) is 5.67. The number of rotatable bonds is 24. The molecule has 4 N–H and O–H groups in total. The largest absolute Gasteiger partial charge is 0.493 e. The number of hydrogen-bond donors (Lipinski definition) is 4. The number of benzene rings is 5. The van der Waals surface area contributed by atoms with Gasteiger partial charge in [0.15, 0.2) is 11.3 Å². The molecule has 7 aromatic rings. The zero-order valence-electron chi connectivity index (χ0n) is 42.1. The van der Waals surface area contributed by atoms with Gasteiger partial charge in [-0.25, -0.2) is 4.98 Å². The number of imidazole rings is 1. The summed E-state index contributed by atoms with van der Waals surface area (Å²) in [5, 5.41) is 58.3. The van der Waals surface area contributed by atoms with Crippen LogP contribution in [-0.4, -0.2) is 88.8 Å². The molecule has 0 radical (unpaired) electrons. The topological polar surface area (TPSA) is 333 Å². The van der Waals surface area contributed by atoms with Crippen LogP contribution < -0.4 is 4.74 Å². The Bertz CT molecular complexity index is 3930. The Kier molecular flexibility index (Phi) is 19.5. The molecule has 2 heterocycles. The number of aromatic nitrogens is 2. The van der Waals surface area contributed by atoms with E-state index in [1.807, 2.05) is 6.92 Å². The molecule has 0 atom stereocenters. The second-order valence-electron chi connectivity index (χ2n) is 17.5. The number of nitrogens with zero attached hydrogens (tertiary/aromatic N) is 11. The lowest BCUT2D eigenvalue weighted by molar-refractivity contribution is 0.310. The third-order valence-corrected chi connectivity index (χ3v) is 16.4. The number of hydrogen-bond acceptors (Lipinski definition) is 20. The van der Waals surface area contributed by atoms with Crippen molar-refractivity contribution in [2.24, 2.45) is 40.9 Å². The Morgan fingerprint density at radius 2 is 1.10 bits per heavy atom. The molecule has 0 saturated heterocycles. The van der Waals surface area contributed by atoms with Gasteiger partial charge < -0.3 is 9.84 Å². The number of azo groups is 4. The van der Waals surface area contributed by atoms with Crippen LogP contribution in [0.25, 0.3) is 16.7 Å². The predicted molar refractivity (Wildman–Crippen MR) is 300 cm³/mol. The van der Waals surface area contributed by atoms with E-state index in [1.54, 1.807) is 106 Å². The molecule has 0 saturated carbocycles. The molecule has 408 valence electrons. The summed E-state index contributed by atoms with van der Waals surface area (Å²) in [6.07, 6.45) is 0.536. The minimum absolute atomic E-state index is 0.00251. The Morgan fingerprint density at radius 1 is 0.615 bits per heavy atom. The van der Waals surface area contributed by atoms with E-state index in [0.717, 1.165) is 0 Å². The van der Waals surface area contributed by atoms with Gasteiger partial charge in [-0.05, 0) is 148 Å². The first-order valence-corrected chi connectivity index (χ1v) is 30.8. The van der Waals surface area contributed by atoms with E-state index in [0.29, 0.717) is 88.0 Å². The van der Waals surface area contributed by atoms with E-state index in [-0.39, 0.29) is 72.3 Å². The Morgan fingerprint density at radius 3 is 1.65 bits per heavy atom. The molecule has 0 aliphatic heterocycles. The lowest BCUT2D eigenvalue weighted by Crippen LogP contribution is -2.06. The van der Waals surface area contributed by atoms with Gasteiger partial charge in [0.1, 0.15) is 23.1 Å². The average Bonchev–Trinajstić information content (AvgIpc) is 3.79. The van der Waals surface area contributed by atoms with Crippen LogP contribution in [0, 0.1) is 39.0 Å². The second kappa shape index (κ2) is 25.8. The van der Waals surface area contributed by atoms with E-state index in [4.69, 9.17) is 16.3 Å². The summed E-state index contributed by atoms with van der Waals surface area (Å²) >= 11 is 8.56. The molecule has 0 amide bonds. The van der Waals surface area contributed by atoms with E-state index in [2.05, 4.69) is 52.0 Å². The number of ether oxygens (including phenoxy) is 1. The molecule has 0 aliphatic carbocycles. The molecule has 0 bridgehead atoms. The molecule has 7 rings (SSSR count). The third-order valence-electron chi connectivity index (χ3n) is 11.4. The van der Waals surface area contributed by atoms with Crippen LogP contribution in [0.1, 0.15) is 53.5 Å². The maximum atomic E-state index is 11.6. The van der Waals surface area contributed by atoms with Crippen LogP contribution >= 0.6 is 35.1 Å². The fourth-order valence-electron chi connectivity index (χ4n) is 7.47. The number of para-hydroxylation sites is 2. The first kappa shape index (κ1) is 58.9. The van der Waals surface area contributed by atoms with Crippen LogP contribution in [0.3, 0.4) is 0 Å². The van der Waals surface area contributed by atoms with Gasteiger partial charge in [0.05, 0.1) is 69.0 Å². The van der Waals surface area contributed by atoms with Crippen LogP contribution in [-0.2, 0) is 30.4 Å². The summed E-state index contributed by atoms with van der Waals surface area (Å²) in [6, 6.07) is 26.1. The zero-order valence-corrected chi connectivity index (χ0v) is 47.0. The molecule has 22 nitrogen and oxygen atoms in total. The van der Waals surface area contributed by atoms with Gasteiger partial charge in [0, 0.05) is 26.4 Å². The highest BCUT2D eigenvalue weighted by molar-refractivity contribution is 7.99. The van der Waals surface area contributed by atoms with Gasteiger partial charge in [-0.1, -0.05) is 23.7 Å². The summed E-state index contributed by atoms with van der Waals surface area (Å²) < 4.78 is 105. The zero-order chi connectivity index (χ0) is 56.4. The number of halogens is 1. The number of thioether (sulfide) groups is 2. The van der Waals surface area contributed by atoms with Crippen LogP contribution in [0.4, 0.5) is 45.5 Å². The van der Waals surface area contributed by atoms with Crippen molar-refractivity contribution in [2.45, 2.75) is 63.2 Å². The van der Waals surface area contributed by atoms with Crippen LogP contribution in [0.15, 0.2) is 136 Å². The van der Waals surface area contributed by atoms with Gasteiger partial charge in [-0.15, -0.1) is 44.0 Å². The second-order valence-corrected chi connectivity index (χ2v) is 24.9. The molecule has 0 aliphatic rings. The van der Waals surface area contributed by atoms with Gasteiger partial charge in [-0.3, -0.25) is 18.1 Å². The van der Waals surface area contributed by atoms with E-state index in [1.165, 1.54) is 27.9 Å². The minimum Gasteiger partial charge on any atom is -0.493 e. The predicted octanol–water partition coefficient (Wildman–Crippen LogP) is 14.4. The minimum atomic E-state index is -4.25. The smallest absolute Gasteiger partial charge is 0.264 e. The monoisotopic (exact) mass is 1180 g/mol. The van der Waals surface area contributed by atoms with Crippen molar-refractivity contribution in [1.82, 2.24) is 9.38 Å². The summed E-state index contributed by atoms with van der Waals surface area (Å²) in [5.41, 5.74) is 6.47. The summed E-state index contributed by atoms with van der Waals surface area (Å²) in [6.45, 7) is 6.94. The Balaban J connectivity index is 1.24. The maximum Gasteiger partial charge on any atom is 0.264 e. The van der Waals surface area contributed by atoms with Gasteiger partial charge in [0.2, 0.25) is 5.88 Å². The highest BCUT2D eigenvalue weighted by atomic mass is 35.5. The lowest BCUT2D eigenvalue weighted by atomic mass is 10.1. The number of aryl methyl sites for hydroxylation is 3. The molecule has 0 unspecified atom stereocenters. The van der Waals surface area contributed by atoms with Gasteiger partial charge in [0.25, 0.3) is 30.4 Å². The maximum absolute atomic E-state index is 11.6. The number of fused-ring (bicyclic) bond motifs is 3. The SMILES string of the molecule is Cc1cc(N=Nc2cc(SCCCS(=O)(=O)O)c(N=Nc3cc(OCCCCS(=O)(=O)O)c(N=Nc4c(C)c(C#N)c5nc6ccccc6n5c4O)cc3C)cc2C)c(SCCCS(=O)(=O)O)cc1N=Nc1ccc(Cl)cc1. The van der Waals surface area contributed by atoms with Crippen molar-refractivity contribution in [3.8, 4) is 17.7 Å². The molecule has 0 spiro atoms. The third kappa shape index (κ3) is 16.2. The molecule has 2 aromatic heterocycles. The fraction of sp³-hybridized carbons (Fsp3) is 0.280. The van der Waals surface area contributed by atoms with Gasteiger partial charge >= 0.3 is 0 Å². The highest BCUT2D eigenvalue weighted by Gasteiger charge is 2.22. The normalized spacial score (nSPS) is 12.6. The van der Waals surface area contributed by atoms with Crippen LogP contribution in [0.5, 0.6) is 11.6 Å². The molecule has 78 heavy (non-hydrogen) atoms. The summed E-state index contributed by atoms with van der Waals surface area (Å²) in [5.74, 6) is -1.02. The number of nitriles is 1. The molecular weight excluding hydrogens is 1130 g/mol. The average molecular weight is 1180 g/mol. The van der Waals surface area contributed by atoms with Crippen molar-refractivity contribution < 1.29 is 48.8 Å². The standard InChI is InChI=1S/C50H50ClN11O11S5/c1-30-23-41(58-61-48-33(4)36(29-52)49-53-37-11-5-6-12-44(37)62(49)50(48)63)45(73-17-7-8-20-76(64,65)66)26-38(30)56-59-42-25-32(3)40(28-47(42)75-19-10-22-78(70,71)72)57-60-43-24-31(2)39(55-54-35-15-13-34(51)14-16-35)27-46(43)74-18-9-21-77(67,68)69/h5-6,11-16,23-28,63H,7-10,17-22H2,1-4H3,(H,64,65,66)(H,67,68,69)(H,70,71,72). The number of aromatic hydroxyl groups is 1. The quantitative estimate of drug-likeness (QED) is 0.0189. The Labute approximate surface area is 463 Å². The van der Waals surface area contributed by atoms with Crippen molar-refractivity contribution in [2.75, 3.05) is 35.4 Å². The van der Waals surface area contributed by atoms with Crippen molar-refractivity contribution in [3.05, 3.63) is 118 Å². The van der Waals surface area contributed by atoms with Gasteiger partial charge in [-0.2, -0.15) is 51.0 Å². The molecule has 5 aromatic carbocycles. The van der Waals surface area contributed by atoms with E-state index in [9.17, 15) is 49.3 Å². The van der Waals surface area contributed by atoms with E-state index < -0.39 is 47.6 Å². The van der Waals surface area contributed by atoms with Crippen molar-refractivity contribution in [3.63, 3.8) is 0 Å². The Hall–Kier alpha value is -6.74. The molecular formula is C50H50ClN11O11S5. The number of pyridine rings is 1. The first-order valence-electron chi connectivity index (χ1n) is 23.6. The first-order chi connectivity index (χ1) is 37.0.